The number of rotatable bonds is 3. The summed E-state index contributed by atoms with van der Waals surface area (Å²) in [7, 11) is 0. The van der Waals surface area contributed by atoms with Gasteiger partial charge >= 0.3 is 6.03 Å². The summed E-state index contributed by atoms with van der Waals surface area (Å²) in [6.45, 7) is 6.50. The number of amides is 3. The number of nitrogens with one attached hydrogen (secondary N) is 3. The number of likely N-dealkylation sites (tertiary alicyclic amines) is 1. The summed E-state index contributed by atoms with van der Waals surface area (Å²) < 4.78 is 13.4. The van der Waals surface area contributed by atoms with Crippen LogP contribution < -0.4 is 15.5 Å². The molecule has 22 heavy (non-hydrogen) atoms. The number of hydrogen-bond donors (Lipinski definition) is 3. The lowest BCUT2D eigenvalue weighted by atomic mass is 9.92. The Bertz CT molecular complexity index is 540. The molecule has 1 aliphatic heterocycles. The van der Waals surface area contributed by atoms with Crippen LogP contribution in [0, 0.1) is 17.7 Å². The van der Waals surface area contributed by atoms with Crippen molar-refractivity contribution < 1.29 is 18.9 Å². The van der Waals surface area contributed by atoms with Crippen LogP contribution in [-0.4, -0.2) is 31.6 Å². The van der Waals surface area contributed by atoms with Crippen LogP contribution in [0.1, 0.15) is 20.3 Å². The summed E-state index contributed by atoms with van der Waals surface area (Å²) >= 11 is 0. The second-order valence-electron chi connectivity index (χ2n) is 6.26. The highest BCUT2D eigenvalue weighted by Gasteiger charge is 2.27. The van der Waals surface area contributed by atoms with Crippen molar-refractivity contribution in [2.75, 3.05) is 25.0 Å². The molecular formula is C16H23FN3O2+. The third kappa shape index (κ3) is 4.80. The second-order valence-corrected chi connectivity index (χ2v) is 6.26. The Kier molecular flexibility index (Phi) is 5.49. The zero-order valence-corrected chi connectivity index (χ0v) is 13.0. The number of imide groups is 1. The molecule has 0 radical (unpaired) electrons. The van der Waals surface area contributed by atoms with Gasteiger partial charge in [0.2, 0.25) is 0 Å². The lowest BCUT2D eigenvalue weighted by Crippen LogP contribution is -3.15. The molecule has 0 spiro atoms. The van der Waals surface area contributed by atoms with Crippen LogP contribution in [0.2, 0.25) is 0 Å². The normalized spacial score (nSPS) is 24.6. The molecule has 6 heteroatoms. The van der Waals surface area contributed by atoms with Crippen molar-refractivity contribution >= 4 is 17.6 Å². The molecule has 3 N–H and O–H groups in total. The van der Waals surface area contributed by atoms with Gasteiger partial charge in [0.15, 0.2) is 6.54 Å². The molecule has 1 aliphatic rings. The van der Waals surface area contributed by atoms with Crippen molar-refractivity contribution in [2.45, 2.75) is 20.3 Å². The minimum atomic E-state index is -0.701. The minimum absolute atomic E-state index is 0.0559. The van der Waals surface area contributed by atoms with Crippen LogP contribution in [0.4, 0.5) is 14.9 Å². The average Bonchev–Trinajstić information content (AvgIpc) is 2.39. The zero-order chi connectivity index (χ0) is 16.1. The average molecular weight is 308 g/mol. The lowest BCUT2D eigenvalue weighted by Gasteiger charge is -2.31. The smallest absolute Gasteiger partial charge is 0.326 e. The number of hydrogen-bond acceptors (Lipinski definition) is 2. The number of carbonyl (C=O) groups excluding carboxylic acids is 2. The Morgan fingerprint density at radius 2 is 1.86 bits per heavy atom. The van der Waals surface area contributed by atoms with Gasteiger partial charge in [-0.3, -0.25) is 10.1 Å². The SMILES string of the molecule is C[C@H]1C[C@H](C)C[NH+](CC(=O)NC(=O)Nc2ccccc2F)C1. The van der Waals surface area contributed by atoms with E-state index in [1.165, 1.54) is 29.5 Å². The van der Waals surface area contributed by atoms with Crippen LogP contribution in [0.25, 0.3) is 0 Å². The van der Waals surface area contributed by atoms with E-state index < -0.39 is 11.8 Å². The highest BCUT2D eigenvalue weighted by atomic mass is 19.1. The summed E-state index contributed by atoms with van der Waals surface area (Å²) in [6, 6.07) is 5.14. The minimum Gasteiger partial charge on any atom is -0.327 e. The largest absolute Gasteiger partial charge is 0.327 e. The van der Waals surface area contributed by atoms with Crippen LogP contribution in [0.5, 0.6) is 0 Å². The molecule has 120 valence electrons. The molecule has 1 aromatic rings. The summed E-state index contributed by atoms with van der Waals surface area (Å²) in [6.07, 6.45) is 1.18. The zero-order valence-electron chi connectivity index (χ0n) is 13.0. The van der Waals surface area contributed by atoms with E-state index in [2.05, 4.69) is 24.5 Å². The number of quaternary nitrogens is 1. The number of urea groups is 1. The van der Waals surface area contributed by atoms with Gasteiger partial charge in [0, 0.05) is 11.8 Å². The van der Waals surface area contributed by atoms with Gasteiger partial charge < -0.3 is 10.2 Å². The highest BCUT2D eigenvalue weighted by Crippen LogP contribution is 2.12. The number of benzene rings is 1. The molecule has 0 aliphatic carbocycles. The first-order valence-electron chi connectivity index (χ1n) is 7.63. The molecule has 3 amide bonds. The number of para-hydroxylation sites is 1. The molecular weight excluding hydrogens is 285 g/mol. The summed E-state index contributed by atoms with van der Waals surface area (Å²) in [4.78, 5) is 24.8. The third-order valence-corrected chi connectivity index (χ3v) is 3.86. The summed E-state index contributed by atoms with van der Waals surface area (Å²) in [5, 5.41) is 4.60. The second kappa shape index (κ2) is 7.35. The maximum Gasteiger partial charge on any atom is 0.326 e. The fourth-order valence-electron chi connectivity index (χ4n) is 3.18. The van der Waals surface area contributed by atoms with Crippen LogP contribution >= 0.6 is 0 Å². The van der Waals surface area contributed by atoms with E-state index in [1.54, 1.807) is 6.07 Å². The first-order chi connectivity index (χ1) is 10.4. The Morgan fingerprint density at radius 3 is 2.50 bits per heavy atom. The molecule has 2 rings (SSSR count). The van der Waals surface area contributed by atoms with Crippen molar-refractivity contribution in [1.29, 1.82) is 0 Å². The molecule has 0 bridgehead atoms. The van der Waals surface area contributed by atoms with Gasteiger partial charge in [0.05, 0.1) is 18.8 Å². The van der Waals surface area contributed by atoms with E-state index >= 15 is 0 Å². The van der Waals surface area contributed by atoms with Crippen molar-refractivity contribution in [1.82, 2.24) is 5.32 Å². The summed E-state index contributed by atoms with van der Waals surface area (Å²) in [5.74, 6) is 0.289. The van der Waals surface area contributed by atoms with Crippen molar-refractivity contribution in [3.63, 3.8) is 0 Å². The third-order valence-electron chi connectivity index (χ3n) is 3.86. The van der Waals surface area contributed by atoms with E-state index in [0.717, 1.165) is 13.1 Å². The Hall–Kier alpha value is -1.95. The first kappa shape index (κ1) is 16.4. The van der Waals surface area contributed by atoms with Gasteiger partial charge in [0.1, 0.15) is 5.82 Å². The standard InChI is InChI=1S/C16H22FN3O2/c1-11-7-12(2)9-20(8-11)10-15(21)19-16(22)18-14-6-4-3-5-13(14)17/h3-6,11-12H,7-10H2,1-2H3,(H2,18,19,21,22)/p+1/t11-,12-/m0/s1. The number of carbonyl (C=O) groups is 2. The molecule has 1 heterocycles. The van der Waals surface area contributed by atoms with Gasteiger partial charge in [-0.1, -0.05) is 26.0 Å². The topological polar surface area (TPSA) is 62.6 Å². The lowest BCUT2D eigenvalue weighted by molar-refractivity contribution is -0.904. The van der Waals surface area contributed by atoms with E-state index in [-0.39, 0.29) is 18.1 Å². The Balaban J connectivity index is 1.81. The molecule has 0 aromatic heterocycles. The van der Waals surface area contributed by atoms with E-state index in [1.807, 2.05) is 0 Å². The maximum atomic E-state index is 13.4. The van der Waals surface area contributed by atoms with Crippen LogP contribution in [-0.2, 0) is 4.79 Å². The van der Waals surface area contributed by atoms with E-state index in [0.29, 0.717) is 11.8 Å². The monoisotopic (exact) mass is 308 g/mol. The van der Waals surface area contributed by atoms with Gasteiger partial charge in [0.25, 0.3) is 5.91 Å². The van der Waals surface area contributed by atoms with Crippen molar-refractivity contribution in [3.8, 4) is 0 Å². The fraction of sp³-hybridized carbons (Fsp3) is 0.500. The van der Waals surface area contributed by atoms with Gasteiger partial charge in [-0.15, -0.1) is 0 Å². The molecule has 5 nitrogen and oxygen atoms in total. The molecule has 2 atom stereocenters. The number of piperidine rings is 1. The van der Waals surface area contributed by atoms with Crippen LogP contribution in [0.15, 0.2) is 24.3 Å². The van der Waals surface area contributed by atoms with Gasteiger partial charge in [-0.05, 0) is 18.6 Å². The van der Waals surface area contributed by atoms with E-state index in [4.69, 9.17) is 0 Å². The molecule has 1 aromatic carbocycles. The van der Waals surface area contributed by atoms with E-state index in [9.17, 15) is 14.0 Å². The van der Waals surface area contributed by atoms with Gasteiger partial charge in [-0.2, -0.15) is 0 Å². The number of halogens is 1. The van der Waals surface area contributed by atoms with Gasteiger partial charge in [-0.25, -0.2) is 9.18 Å². The fourth-order valence-corrected chi connectivity index (χ4v) is 3.18. The Labute approximate surface area is 129 Å². The Morgan fingerprint density at radius 1 is 1.23 bits per heavy atom. The predicted molar refractivity (Wildman–Crippen MR) is 82.1 cm³/mol. The first-order valence-corrected chi connectivity index (χ1v) is 7.63. The molecule has 1 fully saturated rings. The van der Waals surface area contributed by atoms with Crippen LogP contribution in [0.3, 0.4) is 0 Å². The summed E-state index contributed by atoms with van der Waals surface area (Å²) in [5.41, 5.74) is 0.0559. The van der Waals surface area contributed by atoms with Crippen molar-refractivity contribution in [2.24, 2.45) is 11.8 Å². The molecule has 0 unspecified atom stereocenters. The maximum absolute atomic E-state index is 13.4. The highest BCUT2D eigenvalue weighted by molar-refractivity contribution is 6.01. The molecule has 1 saturated heterocycles. The number of anilines is 1. The molecule has 0 saturated carbocycles. The predicted octanol–water partition coefficient (Wildman–Crippen LogP) is 1.03. The van der Waals surface area contributed by atoms with Crippen molar-refractivity contribution in [3.05, 3.63) is 30.1 Å². The quantitative estimate of drug-likeness (QED) is 0.781.